The first-order valence-electron chi connectivity index (χ1n) is 12.7. The molecule has 216 valence electrons. The number of benzene rings is 3. The Labute approximate surface area is 251 Å². The lowest BCUT2D eigenvalue weighted by Gasteiger charge is -2.14. The van der Waals surface area contributed by atoms with E-state index in [1.165, 1.54) is 43.4 Å². The summed E-state index contributed by atoms with van der Waals surface area (Å²) in [4.78, 5) is 40.0. The fraction of sp³-hybridized carbons (Fsp3) is 0.167. The number of aromatic nitrogens is 2. The van der Waals surface area contributed by atoms with E-state index >= 15 is 0 Å². The smallest absolute Gasteiger partial charge is 0.272 e. The molecule has 42 heavy (non-hydrogen) atoms. The first-order valence-corrected chi connectivity index (χ1v) is 14.4. The van der Waals surface area contributed by atoms with Gasteiger partial charge in [0.05, 0.1) is 19.5 Å². The minimum atomic E-state index is -0.552. The van der Waals surface area contributed by atoms with Crippen molar-refractivity contribution >= 4 is 57.7 Å². The standard InChI is InChI=1S/C30H29N5O5S2/c1-18(27(36)33-30-35-34-19(2)42-30)41-24-12-8-11-22(17-24)31-29(38)25(32-28(37)20-9-6-5-7-10-20)16-21-15-23(39-3)13-14-26(21)40-4/h5-18H,1-4H3,(H,31,38)(H,32,37)(H,33,35,36)/b25-16+. The summed E-state index contributed by atoms with van der Waals surface area (Å²) in [6, 6.07) is 20.8. The third kappa shape index (κ3) is 8.18. The number of hydrogen-bond acceptors (Lipinski definition) is 9. The molecule has 3 amide bonds. The molecule has 1 heterocycles. The highest BCUT2D eigenvalue weighted by atomic mass is 32.2. The zero-order valence-electron chi connectivity index (χ0n) is 23.3. The summed E-state index contributed by atoms with van der Waals surface area (Å²) in [7, 11) is 3.05. The van der Waals surface area contributed by atoms with Gasteiger partial charge in [0.2, 0.25) is 11.0 Å². The number of anilines is 2. The predicted molar refractivity (Wildman–Crippen MR) is 165 cm³/mol. The third-order valence-corrected chi connectivity index (χ3v) is 7.64. The molecular weight excluding hydrogens is 574 g/mol. The second-order valence-corrected chi connectivity index (χ2v) is 11.4. The fourth-order valence-corrected chi connectivity index (χ4v) is 5.23. The van der Waals surface area contributed by atoms with E-state index in [4.69, 9.17) is 9.47 Å². The van der Waals surface area contributed by atoms with Crippen molar-refractivity contribution in [3.8, 4) is 11.5 Å². The summed E-state index contributed by atoms with van der Waals surface area (Å²) in [6.45, 7) is 3.59. The molecule has 0 radical (unpaired) electrons. The van der Waals surface area contributed by atoms with Crippen LogP contribution >= 0.6 is 23.1 Å². The van der Waals surface area contributed by atoms with Gasteiger partial charge >= 0.3 is 0 Å². The molecule has 1 unspecified atom stereocenters. The number of thioether (sulfide) groups is 1. The molecule has 4 rings (SSSR count). The van der Waals surface area contributed by atoms with Crippen LogP contribution < -0.4 is 25.4 Å². The van der Waals surface area contributed by atoms with Crippen molar-refractivity contribution in [1.82, 2.24) is 15.5 Å². The lowest BCUT2D eigenvalue weighted by Crippen LogP contribution is -2.30. The van der Waals surface area contributed by atoms with Gasteiger partial charge in [-0.3, -0.25) is 19.7 Å². The van der Waals surface area contributed by atoms with Crippen molar-refractivity contribution in [3.05, 3.63) is 94.6 Å². The fourth-order valence-electron chi connectivity index (χ4n) is 3.71. The molecule has 0 aliphatic rings. The maximum atomic E-state index is 13.5. The number of ether oxygens (including phenoxy) is 2. The SMILES string of the molecule is COc1ccc(OC)c(/C=C(/NC(=O)c2ccccc2)C(=O)Nc2cccc(SC(C)C(=O)Nc3nnc(C)s3)c2)c1. The molecule has 0 fully saturated rings. The first kappa shape index (κ1) is 30.3. The van der Waals surface area contributed by atoms with E-state index in [0.29, 0.717) is 33.4 Å². The van der Waals surface area contributed by atoms with E-state index in [0.717, 1.165) is 9.90 Å². The number of carbonyl (C=O) groups excluding carboxylic acids is 3. The van der Waals surface area contributed by atoms with Gasteiger partial charge in [-0.1, -0.05) is 35.6 Å². The van der Waals surface area contributed by atoms with E-state index in [1.54, 1.807) is 73.7 Å². The molecule has 1 atom stereocenters. The maximum absolute atomic E-state index is 13.5. The van der Waals surface area contributed by atoms with Crippen molar-refractivity contribution in [2.75, 3.05) is 24.9 Å². The van der Waals surface area contributed by atoms with E-state index in [9.17, 15) is 14.4 Å². The van der Waals surface area contributed by atoms with E-state index in [-0.39, 0.29) is 11.6 Å². The summed E-state index contributed by atoms with van der Waals surface area (Å²) in [5.41, 5.74) is 1.40. The number of nitrogens with zero attached hydrogens (tertiary/aromatic N) is 2. The molecule has 12 heteroatoms. The van der Waals surface area contributed by atoms with Crippen LogP contribution in [-0.4, -0.2) is 47.4 Å². The van der Waals surface area contributed by atoms with Gasteiger partial charge in [-0.15, -0.1) is 22.0 Å². The van der Waals surface area contributed by atoms with Gasteiger partial charge in [0.1, 0.15) is 22.2 Å². The van der Waals surface area contributed by atoms with Crippen LogP contribution in [0.25, 0.3) is 6.08 Å². The van der Waals surface area contributed by atoms with Crippen LogP contribution in [0, 0.1) is 6.92 Å². The monoisotopic (exact) mass is 603 g/mol. The van der Waals surface area contributed by atoms with Crippen LogP contribution in [0.4, 0.5) is 10.8 Å². The second kappa shape index (κ2) is 14.3. The number of methoxy groups -OCH3 is 2. The highest BCUT2D eigenvalue weighted by molar-refractivity contribution is 8.00. The molecule has 0 spiro atoms. The zero-order chi connectivity index (χ0) is 30.1. The third-order valence-electron chi connectivity index (χ3n) is 5.80. The van der Waals surface area contributed by atoms with Crippen LogP contribution in [0.3, 0.4) is 0 Å². The Kier molecular flexibility index (Phi) is 10.3. The highest BCUT2D eigenvalue weighted by Crippen LogP contribution is 2.28. The summed E-state index contributed by atoms with van der Waals surface area (Å²) >= 11 is 2.62. The van der Waals surface area contributed by atoms with Gasteiger partial charge in [-0.2, -0.15) is 0 Å². The molecular formula is C30H29N5O5S2. The molecule has 0 saturated heterocycles. The molecule has 4 aromatic rings. The van der Waals surface area contributed by atoms with Gasteiger partial charge in [0.15, 0.2) is 0 Å². The van der Waals surface area contributed by atoms with Gasteiger partial charge in [-0.25, -0.2) is 0 Å². The van der Waals surface area contributed by atoms with Crippen LogP contribution in [-0.2, 0) is 9.59 Å². The minimum absolute atomic E-state index is 0.00596. The lowest BCUT2D eigenvalue weighted by molar-refractivity contribution is -0.115. The maximum Gasteiger partial charge on any atom is 0.272 e. The van der Waals surface area contributed by atoms with Crippen LogP contribution in [0.1, 0.15) is 27.9 Å². The Balaban J connectivity index is 1.54. The molecule has 0 bridgehead atoms. The lowest BCUT2D eigenvalue weighted by atomic mass is 10.1. The minimum Gasteiger partial charge on any atom is -0.497 e. The molecule has 3 aromatic carbocycles. The molecule has 10 nitrogen and oxygen atoms in total. The molecule has 0 saturated carbocycles. The van der Waals surface area contributed by atoms with E-state index in [2.05, 4.69) is 26.1 Å². The molecule has 1 aromatic heterocycles. The Hall–Kier alpha value is -4.68. The van der Waals surface area contributed by atoms with Crippen molar-refractivity contribution < 1.29 is 23.9 Å². The number of amides is 3. The normalized spacial score (nSPS) is 11.8. The van der Waals surface area contributed by atoms with Gasteiger partial charge in [0, 0.05) is 21.7 Å². The average Bonchev–Trinajstić information content (AvgIpc) is 3.41. The first-order chi connectivity index (χ1) is 20.2. The Morgan fingerprint density at radius 2 is 1.71 bits per heavy atom. The Bertz CT molecular complexity index is 1610. The largest absolute Gasteiger partial charge is 0.497 e. The number of nitrogens with one attached hydrogen (secondary N) is 3. The zero-order valence-corrected chi connectivity index (χ0v) is 25.0. The summed E-state index contributed by atoms with van der Waals surface area (Å²) < 4.78 is 10.8. The number of rotatable bonds is 11. The number of carbonyl (C=O) groups is 3. The van der Waals surface area contributed by atoms with Crippen LogP contribution in [0.2, 0.25) is 0 Å². The summed E-state index contributed by atoms with van der Waals surface area (Å²) in [5, 5.41) is 16.9. The van der Waals surface area contributed by atoms with Crippen LogP contribution in [0.15, 0.2) is 83.4 Å². The highest BCUT2D eigenvalue weighted by Gasteiger charge is 2.19. The van der Waals surface area contributed by atoms with Crippen molar-refractivity contribution in [3.63, 3.8) is 0 Å². The Morgan fingerprint density at radius 1 is 0.929 bits per heavy atom. The number of hydrogen-bond donors (Lipinski definition) is 3. The second-order valence-electron chi connectivity index (χ2n) is 8.84. The van der Waals surface area contributed by atoms with Crippen molar-refractivity contribution in [1.29, 1.82) is 0 Å². The van der Waals surface area contributed by atoms with E-state index in [1.807, 2.05) is 13.0 Å². The quantitative estimate of drug-likeness (QED) is 0.154. The van der Waals surface area contributed by atoms with E-state index < -0.39 is 17.1 Å². The van der Waals surface area contributed by atoms with Crippen LogP contribution in [0.5, 0.6) is 11.5 Å². The van der Waals surface area contributed by atoms with Crippen molar-refractivity contribution in [2.45, 2.75) is 24.0 Å². The summed E-state index contributed by atoms with van der Waals surface area (Å²) in [5.74, 6) is -0.172. The van der Waals surface area contributed by atoms with Crippen molar-refractivity contribution in [2.24, 2.45) is 0 Å². The predicted octanol–water partition coefficient (Wildman–Crippen LogP) is 5.39. The molecule has 0 aliphatic heterocycles. The van der Waals surface area contributed by atoms with Gasteiger partial charge in [-0.05, 0) is 68.5 Å². The molecule has 3 N–H and O–H groups in total. The average molecular weight is 604 g/mol. The van der Waals surface area contributed by atoms with Gasteiger partial charge < -0.3 is 20.1 Å². The topological polar surface area (TPSA) is 132 Å². The summed E-state index contributed by atoms with van der Waals surface area (Å²) in [6.07, 6.45) is 1.53. The van der Waals surface area contributed by atoms with Gasteiger partial charge in [0.25, 0.3) is 11.8 Å². The Morgan fingerprint density at radius 3 is 2.40 bits per heavy atom. The number of aryl methyl sites for hydroxylation is 1. The molecule has 0 aliphatic carbocycles.